The zero-order chi connectivity index (χ0) is 12.1. The molecule has 0 aromatic rings. The molecule has 1 aliphatic carbocycles. The van der Waals surface area contributed by atoms with Gasteiger partial charge in [-0.2, -0.15) is 11.8 Å². The van der Waals surface area contributed by atoms with E-state index in [0.29, 0.717) is 11.5 Å². The zero-order valence-electron chi connectivity index (χ0n) is 10.9. The topological polar surface area (TPSA) is 9.23 Å². The van der Waals surface area contributed by atoms with Crippen LogP contribution >= 0.6 is 27.7 Å². The summed E-state index contributed by atoms with van der Waals surface area (Å²) in [4.78, 5) is 0. The largest absolute Gasteiger partial charge is 0.377 e. The molecule has 2 atom stereocenters. The van der Waals surface area contributed by atoms with Gasteiger partial charge in [0.15, 0.2) is 0 Å². The smallest absolute Gasteiger partial charge is 0.0666 e. The Morgan fingerprint density at radius 2 is 1.94 bits per heavy atom. The second kappa shape index (κ2) is 6.81. The van der Waals surface area contributed by atoms with Gasteiger partial charge in [0, 0.05) is 22.9 Å². The van der Waals surface area contributed by atoms with Gasteiger partial charge in [-0.3, -0.25) is 0 Å². The SMILES string of the molecule is CC1OCCC1SCC1(CBr)CCCCCC1. The number of rotatable bonds is 4. The average Bonchev–Trinajstić information content (AvgIpc) is 2.63. The molecule has 0 bridgehead atoms. The third kappa shape index (κ3) is 3.87. The van der Waals surface area contributed by atoms with Gasteiger partial charge in [0.05, 0.1) is 6.10 Å². The van der Waals surface area contributed by atoms with Crippen molar-refractivity contribution in [3.63, 3.8) is 0 Å². The van der Waals surface area contributed by atoms with Gasteiger partial charge in [-0.15, -0.1) is 0 Å². The summed E-state index contributed by atoms with van der Waals surface area (Å²) >= 11 is 5.96. The molecule has 2 rings (SSSR count). The molecule has 100 valence electrons. The van der Waals surface area contributed by atoms with Gasteiger partial charge in [-0.05, 0) is 31.6 Å². The average molecular weight is 321 g/mol. The fourth-order valence-electron chi connectivity index (χ4n) is 3.01. The molecule has 1 heterocycles. The highest BCUT2D eigenvalue weighted by molar-refractivity contribution is 9.09. The van der Waals surface area contributed by atoms with E-state index in [1.54, 1.807) is 0 Å². The van der Waals surface area contributed by atoms with Crippen LogP contribution in [0.5, 0.6) is 0 Å². The van der Waals surface area contributed by atoms with Crippen molar-refractivity contribution in [3.05, 3.63) is 0 Å². The predicted molar refractivity (Wildman–Crippen MR) is 80.2 cm³/mol. The molecule has 0 aromatic heterocycles. The number of hydrogen-bond acceptors (Lipinski definition) is 2. The van der Waals surface area contributed by atoms with E-state index in [-0.39, 0.29) is 0 Å². The zero-order valence-corrected chi connectivity index (χ0v) is 13.3. The first-order chi connectivity index (χ1) is 8.26. The van der Waals surface area contributed by atoms with Gasteiger partial charge in [0.1, 0.15) is 0 Å². The summed E-state index contributed by atoms with van der Waals surface area (Å²) in [5, 5.41) is 1.93. The third-order valence-corrected chi connectivity index (χ3v) is 7.37. The molecule has 17 heavy (non-hydrogen) atoms. The molecule has 0 radical (unpaired) electrons. The van der Waals surface area contributed by atoms with Crippen LogP contribution in [-0.4, -0.2) is 29.0 Å². The van der Waals surface area contributed by atoms with Crippen LogP contribution in [0.4, 0.5) is 0 Å². The first-order valence-corrected chi connectivity index (χ1v) is 9.22. The van der Waals surface area contributed by atoms with Crippen molar-refractivity contribution >= 4 is 27.7 Å². The van der Waals surface area contributed by atoms with E-state index < -0.39 is 0 Å². The quantitative estimate of drug-likeness (QED) is 0.551. The first kappa shape index (κ1) is 14.2. The molecule has 1 saturated carbocycles. The molecule has 1 saturated heterocycles. The van der Waals surface area contributed by atoms with Crippen LogP contribution in [-0.2, 0) is 4.74 Å². The maximum atomic E-state index is 5.66. The lowest BCUT2D eigenvalue weighted by Gasteiger charge is -2.32. The van der Waals surface area contributed by atoms with Gasteiger partial charge in [-0.25, -0.2) is 0 Å². The molecule has 1 aliphatic heterocycles. The van der Waals surface area contributed by atoms with E-state index >= 15 is 0 Å². The Hall–Kier alpha value is 0.790. The van der Waals surface area contributed by atoms with Crippen LogP contribution in [0.25, 0.3) is 0 Å². The van der Waals surface area contributed by atoms with Crippen LogP contribution in [0.2, 0.25) is 0 Å². The van der Waals surface area contributed by atoms with Crippen molar-refractivity contribution < 1.29 is 4.74 Å². The van der Waals surface area contributed by atoms with Crippen LogP contribution < -0.4 is 0 Å². The van der Waals surface area contributed by atoms with Crippen molar-refractivity contribution in [3.8, 4) is 0 Å². The molecular weight excluding hydrogens is 296 g/mol. The lowest BCUT2D eigenvalue weighted by Crippen LogP contribution is -2.27. The van der Waals surface area contributed by atoms with Crippen LogP contribution in [0, 0.1) is 5.41 Å². The van der Waals surface area contributed by atoms with Crippen molar-refractivity contribution in [1.29, 1.82) is 0 Å². The third-order valence-electron chi connectivity index (χ3n) is 4.36. The maximum absolute atomic E-state index is 5.66. The van der Waals surface area contributed by atoms with Crippen molar-refractivity contribution in [2.75, 3.05) is 17.7 Å². The normalized spacial score (nSPS) is 33.5. The summed E-state index contributed by atoms with van der Waals surface area (Å²) in [5.41, 5.74) is 0.573. The molecule has 2 unspecified atom stereocenters. The molecule has 0 N–H and O–H groups in total. The minimum Gasteiger partial charge on any atom is -0.377 e. The molecule has 1 nitrogen and oxygen atoms in total. The van der Waals surface area contributed by atoms with Gasteiger partial charge >= 0.3 is 0 Å². The molecule has 0 spiro atoms. The standard InChI is InChI=1S/C14H25BrOS/c1-12-13(6-9-16-12)17-11-14(10-15)7-4-2-3-5-8-14/h12-13H,2-11H2,1H3. The molecule has 0 aromatic carbocycles. The van der Waals surface area contributed by atoms with E-state index in [0.717, 1.165) is 11.9 Å². The van der Waals surface area contributed by atoms with E-state index in [9.17, 15) is 0 Å². The second-order valence-electron chi connectivity index (χ2n) is 5.76. The minimum absolute atomic E-state index is 0.471. The molecule has 0 amide bonds. The second-order valence-corrected chi connectivity index (χ2v) is 7.55. The lowest BCUT2D eigenvalue weighted by molar-refractivity contribution is 0.127. The molecule has 3 heteroatoms. The Labute approximate surface area is 119 Å². The highest BCUT2D eigenvalue weighted by Gasteiger charge is 2.33. The van der Waals surface area contributed by atoms with E-state index in [1.807, 2.05) is 0 Å². The monoisotopic (exact) mass is 320 g/mol. The Morgan fingerprint density at radius 3 is 2.47 bits per heavy atom. The fraction of sp³-hybridized carbons (Fsp3) is 1.00. The minimum atomic E-state index is 0.471. The number of ether oxygens (including phenoxy) is 1. The number of halogens is 1. The summed E-state index contributed by atoms with van der Waals surface area (Å²) in [6.07, 6.45) is 10.3. The van der Waals surface area contributed by atoms with Crippen LogP contribution in [0.1, 0.15) is 51.9 Å². The summed E-state index contributed by atoms with van der Waals surface area (Å²) in [6, 6.07) is 0. The van der Waals surface area contributed by atoms with Gasteiger partial charge in [0.25, 0.3) is 0 Å². The summed E-state index contributed by atoms with van der Waals surface area (Å²) in [6.45, 7) is 3.21. The Balaban J connectivity index is 1.85. The number of hydrogen-bond donors (Lipinski definition) is 0. The highest BCUT2D eigenvalue weighted by Crippen LogP contribution is 2.41. The molecule has 2 fully saturated rings. The van der Waals surface area contributed by atoms with Crippen LogP contribution in [0.3, 0.4) is 0 Å². The van der Waals surface area contributed by atoms with Crippen molar-refractivity contribution in [2.45, 2.75) is 63.2 Å². The molecule has 2 aliphatic rings. The van der Waals surface area contributed by atoms with Crippen molar-refractivity contribution in [2.24, 2.45) is 5.41 Å². The Kier molecular flexibility index (Phi) is 5.69. The first-order valence-electron chi connectivity index (χ1n) is 7.05. The fourth-order valence-corrected chi connectivity index (χ4v) is 5.60. The highest BCUT2D eigenvalue weighted by atomic mass is 79.9. The summed E-state index contributed by atoms with van der Waals surface area (Å²) in [5.74, 6) is 1.33. The summed E-state index contributed by atoms with van der Waals surface area (Å²) in [7, 11) is 0. The van der Waals surface area contributed by atoms with E-state index in [2.05, 4.69) is 34.6 Å². The Bertz CT molecular complexity index is 226. The molecular formula is C14H25BrOS. The van der Waals surface area contributed by atoms with Gasteiger partial charge < -0.3 is 4.74 Å². The summed E-state index contributed by atoms with van der Waals surface area (Å²) < 4.78 is 5.66. The number of alkyl halides is 1. The lowest BCUT2D eigenvalue weighted by atomic mass is 9.85. The van der Waals surface area contributed by atoms with E-state index in [4.69, 9.17) is 4.74 Å². The number of thioether (sulfide) groups is 1. The predicted octanol–water partition coefficient (Wildman–Crippen LogP) is 4.63. The Morgan fingerprint density at radius 1 is 1.24 bits per heavy atom. The van der Waals surface area contributed by atoms with Gasteiger partial charge in [0.2, 0.25) is 0 Å². The maximum Gasteiger partial charge on any atom is 0.0666 e. The van der Waals surface area contributed by atoms with Crippen LogP contribution in [0.15, 0.2) is 0 Å². The van der Waals surface area contributed by atoms with Gasteiger partial charge in [-0.1, -0.05) is 41.6 Å². The van der Waals surface area contributed by atoms with E-state index in [1.165, 1.54) is 56.0 Å². The van der Waals surface area contributed by atoms with Crippen molar-refractivity contribution in [1.82, 2.24) is 0 Å².